The molecule has 190 valence electrons. The monoisotopic (exact) mass is 544 g/mol. The summed E-state index contributed by atoms with van der Waals surface area (Å²) >= 11 is 3.55. The minimum Gasteiger partial charge on any atom is -0.497 e. The van der Waals surface area contributed by atoms with Gasteiger partial charge in [0.15, 0.2) is 6.61 Å². The summed E-state index contributed by atoms with van der Waals surface area (Å²) in [6.45, 7) is 6.19. The average molecular weight is 546 g/mol. The van der Waals surface area contributed by atoms with E-state index in [-0.39, 0.29) is 24.5 Å². The van der Waals surface area contributed by atoms with Gasteiger partial charge in [-0.05, 0) is 77.0 Å². The maximum absolute atomic E-state index is 13.3. The van der Waals surface area contributed by atoms with E-state index in [1.165, 1.54) is 12.0 Å². The number of rotatable bonds is 10. The first-order chi connectivity index (χ1) is 16.8. The van der Waals surface area contributed by atoms with E-state index >= 15 is 0 Å². The van der Waals surface area contributed by atoms with Crippen LogP contribution in [0.25, 0.3) is 0 Å². The molecule has 1 N–H and O–H groups in total. The number of benzene rings is 2. The zero-order valence-electron chi connectivity index (χ0n) is 21.2. The molecule has 0 aromatic heterocycles. The molecule has 0 bridgehead atoms. The molecule has 3 rings (SSSR count). The molecule has 1 saturated carbocycles. The van der Waals surface area contributed by atoms with Gasteiger partial charge in [0.2, 0.25) is 5.91 Å². The molecule has 1 aliphatic rings. The molecule has 1 atom stereocenters. The summed E-state index contributed by atoms with van der Waals surface area (Å²) in [5.74, 6) is 1.37. The van der Waals surface area contributed by atoms with Gasteiger partial charge in [-0.1, -0.05) is 51.3 Å². The zero-order chi connectivity index (χ0) is 25.4. The number of ether oxygens (including phenoxy) is 2. The Labute approximate surface area is 217 Å². The van der Waals surface area contributed by atoms with E-state index in [4.69, 9.17) is 9.47 Å². The van der Waals surface area contributed by atoms with Crippen LogP contribution in [0.4, 0.5) is 0 Å². The molecule has 0 radical (unpaired) electrons. The molecule has 0 spiro atoms. The van der Waals surface area contributed by atoms with Crippen molar-refractivity contribution in [3.8, 4) is 11.5 Å². The largest absolute Gasteiger partial charge is 0.497 e. The Morgan fingerprint density at radius 3 is 2.34 bits per heavy atom. The minimum absolute atomic E-state index is 0.124. The molecule has 2 amide bonds. The summed E-state index contributed by atoms with van der Waals surface area (Å²) in [5, 5.41) is 3.16. The van der Waals surface area contributed by atoms with Gasteiger partial charge in [-0.3, -0.25) is 9.59 Å². The van der Waals surface area contributed by atoms with Gasteiger partial charge in [0.05, 0.1) is 11.6 Å². The van der Waals surface area contributed by atoms with Gasteiger partial charge >= 0.3 is 0 Å². The van der Waals surface area contributed by atoms with E-state index in [2.05, 4.69) is 35.1 Å². The summed E-state index contributed by atoms with van der Waals surface area (Å²) in [7, 11) is 1.62. The number of carbonyl (C=O) groups is 2. The van der Waals surface area contributed by atoms with Crippen molar-refractivity contribution >= 4 is 27.7 Å². The highest BCUT2D eigenvalue weighted by atomic mass is 79.9. The topological polar surface area (TPSA) is 67.9 Å². The van der Waals surface area contributed by atoms with Crippen LogP contribution in [0.3, 0.4) is 0 Å². The van der Waals surface area contributed by atoms with Crippen LogP contribution in [-0.4, -0.2) is 42.5 Å². The molecule has 2 aromatic carbocycles. The third-order valence-corrected chi connectivity index (χ3v) is 7.22. The molecule has 0 saturated heterocycles. The third kappa shape index (κ3) is 7.72. The number of halogens is 1. The van der Waals surface area contributed by atoms with Gasteiger partial charge in [0, 0.05) is 12.6 Å². The van der Waals surface area contributed by atoms with Gasteiger partial charge in [-0.2, -0.15) is 0 Å². The van der Waals surface area contributed by atoms with Crippen molar-refractivity contribution in [1.82, 2.24) is 10.2 Å². The van der Waals surface area contributed by atoms with Gasteiger partial charge in [-0.25, -0.2) is 0 Å². The first-order valence-electron chi connectivity index (χ1n) is 12.4. The highest BCUT2D eigenvalue weighted by Gasteiger charge is 2.28. The molecule has 0 heterocycles. The van der Waals surface area contributed by atoms with Crippen LogP contribution in [0.1, 0.15) is 69.9 Å². The summed E-state index contributed by atoms with van der Waals surface area (Å²) in [4.78, 5) is 28.0. The third-order valence-electron chi connectivity index (χ3n) is 6.60. The number of hydrogen-bond donors (Lipinski definition) is 1. The number of carbonyl (C=O) groups excluding carboxylic acids is 2. The Morgan fingerprint density at radius 1 is 1.06 bits per heavy atom. The average Bonchev–Trinajstić information content (AvgIpc) is 2.86. The summed E-state index contributed by atoms with van der Waals surface area (Å²) in [5.41, 5.74) is 2.10. The van der Waals surface area contributed by atoms with Crippen LogP contribution in [-0.2, 0) is 16.1 Å². The molecule has 7 heteroatoms. The van der Waals surface area contributed by atoms with Crippen molar-refractivity contribution in [2.45, 2.75) is 77.4 Å². The Balaban J connectivity index is 1.72. The van der Waals surface area contributed by atoms with Crippen LogP contribution in [0.2, 0.25) is 0 Å². The van der Waals surface area contributed by atoms with Gasteiger partial charge in [0.25, 0.3) is 5.91 Å². The van der Waals surface area contributed by atoms with Crippen LogP contribution in [0, 0.1) is 0 Å². The second-order valence-electron chi connectivity index (χ2n) is 9.52. The second-order valence-corrected chi connectivity index (χ2v) is 10.4. The van der Waals surface area contributed by atoms with Gasteiger partial charge < -0.3 is 19.7 Å². The predicted molar refractivity (Wildman–Crippen MR) is 142 cm³/mol. The fraction of sp³-hybridized carbons (Fsp3) is 0.500. The number of amides is 2. The SMILES string of the molecule is COc1ccc(CN(C(=O)COc2ccc(C(C)C)cc2Br)[C@H](C)C(=O)NC2CCCCC2)cc1. The Hall–Kier alpha value is -2.54. The Morgan fingerprint density at radius 2 is 1.74 bits per heavy atom. The molecule has 35 heavy (non-hydrogen) atoms. The van der Waals surface area contributed by atoms with Crippen LogP contribution in [0.15, 0.2) is 46.9 Å². The molecule has 1 fully saturated rings. The molecule has 1 aliphatic carbocycles. The van der Waals surface area contributed by atoms with Crippen molar-refractivity contribution in [3.63, 3.8) is 0 Å². The van der Waals surface area contributed by atoms with Crippen molar-refractivity contribution in [2.24, 2.45) is 0 Å². The molecule has 0 unspecified atom stereocenters. The number of nitrogens with one attached hydrogen (secondary N) is 1. The standard InChI is InChI=1S/C28H37BrN2O4/c1-19(2)22-12-15-26(25(29)16-22)35-18-27(32)31(17-21-10-13-24(34-4)14-11-21)20(3)28(33)30-23-8-6-5-7-9-23/h10-16,19-20,23H,5-9,17-18H2,1-4H3,(H,30,33)/t20-/m1/s1. The normalized spacial score (nSPS) is 14.9. The summed E-state index contributed by atoms with van der Waals surface area (Å²) < 4.78 is 11.9. The lowest BCUT2D eigenvalue weighted by atomic mass is 9.95. The van der Waals surface area contributed by atoms with Gasteiger partial charge in [0.1, 0.15) is 17.5 Å². The van der Waals surface area contributed by atoms with Crippen molar-refractivity contribution < 1.29 is 19.1 Å². The highest BCUT2D eigenvalue weighted by molar-refractivity contribution is 9.10. The Bertz CT molecular complexity index is 987. The van der Waals surface area contributed by atoms with E-state index in [0.717, 1.165) is 41.5 Å². The number of nitrogens with zero attached hydrogens (tertiary/aromatic N) is 1. The second kappa shape index (κ2) is 13.0. The lowest BCUT2D eigenvalue weighted by molar-refractivity contribution is -0.142. The maximum atomic E-state index is 13.3. The first kappa shape index (κ1) is 27.1. The van der Waals surface area contributed by atoms with Gasteiger partial charge in [-0.15, -0.1) is 0 Å². The quantitative estimate of drug-likeness (QED) is 0.408. The Kier molecular flexibility index (Phi) is 10.0. The molecule has 0 aliphatic heterocycles. The van der Waals surface area contributed by atoms with Crippen LogP contribution < -0.4 is 14.8 Å². The lowest BCUT2D eigenvalue weighted by Crippen LogP contribution is -2.51. The summed E-state index contributed by atoms with van der Waals surface area (Å²) in [6, 6.07) is 13.0. The smallest absolute Gasteiger partial charge is 0.261 e. The molecular formula is C28H37BrN2O4. The lowest BCUT2D eigenvalue weighted by Gasteiger charge is -2.31. The fourth-order valence-corrected chi connectivity index (χ4v) is 4.81. The molecule has 2 aromatic rings. The first-order valence-corrected chi connectivity index (χ1v) is 13.2. The number of hydrogen-bond acceptors (Lipinski definition) is 4. The number of methoxy groups -OCH3 is 1. The molecular weight excluding hydrogens is 508 g/mol. The van der Waals surface area contributed by atoms with E-state index in [1.54, 1.807) is 18.9 Å². The zero-order valence-corrected chi connectivity index (χ0v) is 22.8. The van der Waals surface area contributed by atoms with E-state index < -0.39 is 6.04 Å². The minimum atomic E-state index is -0.623. The van der Waals surface area contributed by atoms with Crippen molar-refractivity contribution in [2.75, 3.05) is 13.7 Å². The van der Waals surface area contributed by atoms with Crippen molar-refractivity contribution in [3.05, 3.63) is 58.1 Å². The van der Waals surface area contributed by atoms with Crippen molar-refractivity contribution in [1.29, 1.82) is 0 Å². The maximum Gasteiger partial charge on any atom is 0.261 e. The highest BCUT2D eigenvalue weighted by Crippen LogP contribution is 2.29. The summed E-state index contributed by atoms with van der Waals surface area (Å²) in [6.07, 6.45) is 5.47. The fourth-order valence-electron chi connectivity index (χ4n) is 4.29. The van der Waals surface area contributed by atoms with Crippen LogP contribution in [0.5, 0.6) is 11.5 Å². The molecule has 6 nitrogen and oxygen atoms in total. The van der Waals surface area contributed by atoms with E-state index in [0.29, 0.717) is 18.2 Å². The van der Waals surface area contributed by atoms with E-state index in [1.807, 2.05) is 42.5 Å². The van der Waals surface area contributed by atoms with Crippen LogP contribution >= 0.6 is 15.9 Å². The van der Waals surface area contributed by atoms with E-state index in [9.17, 15) is 9.59 Å². The predicted octanol–water partition coefficient (Wildman–Crippen LogP) is 5.83.